The van der Waals surface area contributed by atoms with Crippen molar-refractivity contribution >= 4 is 5.57 Å². The molecular weight excluding hydrogens is 213 g/mol. The molecule has 0 aromatic heterocycles. The van der Waals surface area contributed by atoms with Gasteiger partial charge in [0, 0.05) is 0 Å². The SMILES string of the molecule is FC(F)(F)c1ccc(C2=CC=CCC2)cc1. The molecule has 1 aliphatic rings. The molecule has 0 spiro atoms. The van der Waals surface area contributed by atoms with Crippen molar-refractivity contribution < 1.29 is 13.2 Å². The molecule has 0 saturated carbocycles. The molecule has 1 aromatic carbocycles. The predicted octanol–water partition coefficient (Wildman–Crippen LogP) is 4.44. The minimum atomic E-state index is -4.25. The zero-order chi connectivity index (χ0) is 11.6. The van der Waals surface area contributed by atoms with E-state index in [1.807, 2.05) is 18.2 Å². The Morgan fingerprint density at radius 1 is 1.00 bits per heavy atom. The van der Waals surface area contributed by atoms with E-state index in [0.717, 1.165) is 36.1 Å². The van der Waals surface area contributed by atoms with Crippen molar-refractivity contribution in [3.8, 4) is 0 Å². The molecule has 3 heteroatoms. The molecule has 0 saturated heterocycles. The molecule has 0 nitrogen and oxygen atoms in total. The summed E-state index contributed by atoms with van der Waals surface area (Å²) in [6.07, 6.45) is 3.53. The van der Waals surface area contributed by atoms with Crippen LogP contribution in [0.4, 0.5) is 13.2 Å². The molecule has 0 amide bonds. The van der Waals surface area contributed by atoms with Crippen LogP contribution < -0.4 is 0 Å². The van der Waals surface area contributed by atoms with Crippen LogP contribution >= 0.6 is 0 Å². The molecule has 2 rings (SSSR count). The summed E-state index contributed by atoms with van der Waals surface area (Å²) in [5.41, 5.74) is 1.37. The number of hydrogen-bond donors (Lipinski definition) is 0. The van der Waals surface area contributed by atoms with E-state index in [4.69, 9.17) is 0 Å². The molecule has 0 atom stereocenters. The van der Waals surface area contributed by atoms with Crippen LogP contribution in [0.2, 0.25) is 0 Å². The third-order valence-electron chi connectivity index (χ3n) is 2.60. The summed E-state index contributed by atoms with van der Waals surface area (Å²) in [7, 11) is 0. The van der Waals surface area contributed by atoms with Gasteiger partial charge in [-0.25, -0.2) is 0 Å². The summed E-state index contributed by atoms with van der Waals surface area (Å²) in [5.74, 6) is 0. The van der Waals surface area contributed by atoms with E-state index in [0.29, 0.717) is 0 Å². The molecule has 0 N–H and O–H groups in total. The normalized spacial score (nSPS) is 16.1. The first-order valence-corrected chi connectivity index (χ1v) is 5.11. The highest BCUT2D eigenvalue weighted by molar-refractivity contribution is 5.68. The summed E-state index contributed by atoms with van der Waals surface area (Å²) in [6.45, 7) is 0. The van der Waals surface area contributed by atoms with Crippen molar-refractivity contribution in [1.29, 1.82) is 0 Å². The predicted molar refractivity (Wildman–Crippen MR) is 57.8 cm³/mol. The highest BCUT2D eigenvalue weighted by Gasteiger charge is 2.29. The third kappa shape index (κ3) is 2.35. The lowest BCUT2D eigenvalue weighted by molar-refractivity contribution is -0.137. The number of rotatable bonds is 1. The molecule has 1 aliphatic carbocycles. The van der Waals surface area contributed by atoms with Crippen LogP contribution in [0.25, 0.3) is 5.57 Å². The van der Waals surface area contributed by atoms with Crippen molar-refractivity contribution in [3.63, 3.8) is 0 Å². The van der Waals surface area contributed by atoms with Crippen LogP contribution in [-0.4, -0.2) is 0 Å². The van der Waals surface area contributed by atoms with Crippen LogP contribution in [-0.2, 0) is 6.18 Å². The molecule has 0 heterocycles. The first kappa shape index (κ1) is 11.0. The average molecular weight is 224 g/mol. The van der Waals surface area contributed by atoms with Crippen molar-refractivity contribution in [1.82, 2.24) is 0 Å². The average Bonchev–Trinajstić information content (AvgIpc) is 2.29. The van der Waals surface area contributed by atoms with E-state index in [1.165, 1.54) is 12.1 Å². The van der Waals surface area contributed by atoms with Crippen LogP contribution in [0.5, 0.6) is 0 Å². The Hall–Kier alpha value is -1.51. The Bertz CT molecular complexity index is 421. The van der Waals surface area contributed by atoms with Gasteiger partial charge in [0.05, 0.1) is 5.56 Å². The molecular formula is C13H11F3. The van der Waals surface area contributed by atoms with Gasteiger partial charge in [-0.1, -0.05) is 30.4 Å². The Morgan fingerprint density at radius 3 is 2.19 bits per heavy atom. The first-order chi connectivity index (χ1) is 7.57. The van der Waals surface area contributed by atoms with E-state index < -0.39 is 11.7 Å². The fourth-order valence-corrected chi connectivity index (χ4v) is 1.72. The molecule has 0 bridgehead atoms. The second-order valence-electron chi connectivity index (χ2n) is 3.73. The van der Waals surface area contributed by atoms with Gasteiger partial charge in [-0.15, -0.1) is 0 Å². The van der Waals surface area contributed by atoms with Crippen molar-refractivity contribution in [2.45, 2.75) is 19.0 Å². The smallest absolute Gasteiger partial charge is 0.166 e. The molecule has 84 valence electrons. The minimum absolute atomic E-state index is 0.594. The fraction of sp³-hybridized carbons (Fsp3) is 0.231. The molecule has 0 fully saturated rings. The summed E-state index contributed by atoms with van der Waals surface area (Å²) in [6, 6.07) is 5.34. The first-order valence-electron chi connectivity index (χ1n) is 5.11. The molecule has 0 aliphatic heterocycles. The fourth-order valence-electron chi connectivity index (χ4n) is 1.72. The monoisotopic (exact) mass is 224 g/mol. The Balaban J connectivity index is 2.26. The van der Waals surface area contributed by atoms with Gasteiger partial charge in [-0.3, -0.25) is 0 Å². The lowest BCUT2D eigenvalue weighted by Crippen LogP contribution is -2.04. The standard InChI is InChI=1S/C13H11F3/c14-13(15,16)12-8-6-11(7-9-12)10-4-2-1-3-5-10/h1-2,4,6-9H,3,5H2. The van der Waals surface area contributed by atoms with Crippen molar-refractivity contribution in [2.24, 2.45) is 0 Å². The van der Waals surface area contributed by atoms with E-state index in [9.17, 15) is 13.2 Å². The third-order valence-corrected chi connectivity index (χ3v) is 2.60. The summed E-state index contributed by atoms with van der Waals surface area (Å²) in [4.78, 5) is 0. The van der Waals surface area contributed by atoms with Crippen molar-refractivity contribution in [2.75, 3.05) is 0 Å². The zero-order valence-electron chi connectivity index (χ0n) is 8.59. The molecule has 0 unspecified atom stereocenters. The Morgan fingerprint density at radius 2 is 1.69 bits per heavy atom. The van der Waals surface area contributed by atoms with E-state index in [2.05, 4.69) is 0 Å². The topological polar surface area (TPSA) is 0 Å². The second kappa shape index (κ2) is 4.16. The molecule has 1 aromatic rings. The van der Waals surface area contributed by atoms with Gasteiger partial charge in [-0.05, 0) is 36.1 Å². The zero-order valence-corrected chi connectivity index (χ0v) is 8.59. The van der Waals surface area contributed by atoms with Crippen LogP contribution in [0.15, 0.2) is 42.5 Å². The number of alkyl halides is 3. The number of allylic oxidation sites excluding steroid dienone is 4. The van der Waals surface area contributed by atoms with Crippen LogP contribution in [0.3, 0.4) is 0 Å². The second-order valence-corrected chi connectivity index (χ2v) is 3.73. The van der Waals surface area contributed by atoms with Gasteiger partial charge in [-0.2, -0.15) is 13.2 Å². The lowest BCUT2D eigenvalue weighted by atomic mass is 9.96. The summed E-state index contributed by atoms with van der Waals surface area (Å²) in [5, 5.41) is 0. The number of halogens is 3. The van der Waals surface area contributed by atoms with Gasteiger partial charge in [0.2, 0.25) is 0 Å². The lowest BCUT2D eigenvalue weighted by Gasteiger charge is -2.11. The van der Waals surface area contributed by atoms with Gasteiger partial charge in [0.1, 0.15) is 0 Å². The maximum atomic E-state index is 12.3. The van der Waals surface area contributed by atoms with Crippen LogP contribution in [0, 0.1) is 0 Å². The largest absolute Gasteiger partial charge is 0.416 e. The summed E-state index contributed by atoms with van der Waals surface area (Å²) < 4.78 is 37.0. The number of benzene rings is 1. The summed E-state index contributed by atoms with van der Waals surface area (Å²) >= 11 is 0. The van der Waals surface area contributed by atoms with Crippen LogP contribution in [0.1, 0.15) is 24.0 Å². The minimum Gasteiger partial charge on any atom is -0.166 e. The quantitative estimate of drug-likeness (QED) is 0.661. The van der Waals surface area contributed by atoms with E-state index in [-0.39, 0.29) is 0 Å². The van der Waals surface area contributed by atoms with Gasteiger partial charge in [0.25, 0.3) is 0 Å². The maximum absolute atomic E-state index is 12.3. The molecule has 0 radical (unpaired) electrons. The maximum Gasteiger partial charge on any atom is 0.416 e. The van der Waals surface area contributed by atoms with E-state index in [1.54, 1.807) is 0 Å². The van der Waals surface area contributed by atoms with Gasteiger partial charge >= 0.3 is 6.18 Å². The Labute approximate surface area is 92.1 Å². The highest BCUT2D eigenvalue weighted by Crippen LogP contribution is 2.31. The number of hydrogen-bond acceptors (Lipinski definition) is 0. The Kier molecular flexibility index (Phi) is 2.86. The van der Waals surface area contributed by atoms with Crippen molar-refractivity contribution in [3.05, 3.63) is 53.6 Å². The highest BCUT2D eigenvalue weighted by atomic mass is 19.4. The van der Waals surface area contributed by atoms with E-state index >= 15 is 0 Å². The van der Waals surface area contributed by atoms with Gasteiger partial charge < -0.3 is 0 Å². The van der Waals surface area contributed by atoms with Gasteiger partial charge in [0.15, 0.2) is 0 Å². The molecule has 16 heavy (non-hydrogen) atoms.